The third kappa shape index (κ3) is 29.4. The summed E-state index contributed by atoms with van der Waals surface area (Å²) in [6.07, 6.45) is 13.1. The molecular formula is C44H80N6Si2Zr-6. The van der Waals surface area contributed by atoms with Gasteiger partial charge in [-0.25, -0.2) is 0 Å². The monoisotopic (exact) mass is 839 g/mol. The van der Waals surface area contributed by atoms with Gasteiger partial charge >= 0.3 is 0 Å². The number of hydrogen-bond acceptors (Lipinski definition) is 2. The van der Waals surface area contributed by atoms with E-state index in [2.05, 4.69) is 151 Å². The zero-order valence-electron chi connectivity index (χ0n) is 36.0. The Morgan fingerprint density at radius 1 is 0.528 bits per heavy atom. The van der Waals surface area contributed by atoms with Crippen molar-refractivity contribution < 1.29 is 26.2 Å². The molecule has 4 rings (SSSR count). The fourth-order valence-electron chi connectivity index (χ4n) is 5.99. The maximum absolute atomic E-state index is 5.05. The van der Waals surface area contributed by atoms with Crippen LogP contribution in [0.5, 0.6) is 0 Å². The van der Waals surface area contributed by atoms with Crippen molar-refractivity contribution in [3.8, 4) is 0 Å². The molecule has 0 radical (unpaired) electrons. The standard InChI is InChI=1S/2C18H29N3.2C4H11Si.Zr/c2*1-3-21(4-2)18(20-17-13-9-6-10-14-17)19-15-16-11-7-5-8-12-16;2*1-5(2,3)4;/h2*5,7-8,11-12,17-18H,3-4,6,9-10,13-15H2,1-2H3;2*1H2,2-4H3;/q2*-2;2*-1;. The van der Waals surface area contributed by atoms with Gasteiger partial charge < -0.3 is 44.2 Å². The van der Waals surface area contributed by atoms with Gasteiger partial charge in [0, 0.05) is 26.2 Å². The van der Waals surface area contributed by atoms with Gasteiger partial charge in [-0.3, -0.25) is 0 Å². The molecule has 53 heavy (non-hydrogen) atoms. The molecule has 0 saturated heterocycles. The summed E-state index contributed by atoms with van der Waals surface area (Å²) in [5, 5.41) is 19.9. The van der Waals surface area contributed by atoms with Gasteiger partial charge in [0.1, 0.15) is 0 Å². The molecule has 0 aromatic heterocycles. The van der Waals surface area contributed by atoms with Gasteiger partial charge in [0.25, 0.3) is 0 Å². The molecule has 0 spiro atoms. The molecule has 0 aliphatic heterocycles. The van der Waals surface area contributed by atoms with Gasteiger partial charge in [-0.1, -0.05) is 203 Å². The predicted molar refractivity (Wildman–Crippen MR) is 238 cm³/mol. The Kier molecular flexibility index (Phi) is 30.3. The van der Waals surface area contributed by atoms with Crippen molar-refractivity contribution >= 4 is 16.1 Å². The van der Waals surface area contributed by atoms with Crippen LogP contribution in [0.15, 0.2) is 60.7 Å². The summed E-state index contributed by atoms with van der Waals surface area (Å²) in [4.78, 5) is 4.72. The van der Waals surface area contributed by atoms with Crippen LogP contribution in [-0.4, -0.2) is 76.8 Å². The second kappa shape index (κ2) is 30.6. The first-order valence-electron chi connectivity index (χ1n) is 20.7. The first-order chi connectivity index (χ1) is 24.7. The fourth-order valence-corrected chi connectivity index (χ4v) is 5.99. The van der Waals surface area contributed by atoms with Crippen LogP contribution < -0.4 is 0 Å². The topological polar surface area (TPSA) is 62.9 Å². The van der Waals surface area contributed by atoms with Crippen LogP contribution in [0.2, 0.25) is 39.3 Å². The van der Waals surface area contributed by atoms with Crippen LogP contribution in [0.25, 0.3) is 21.3 Å². The molecule has 2 atom stereocenters. The minimum absolute atomic E-state index is 0. The molecule has 304 valence electrons. The summed E-state index contributed by atoms with van der Waals surface area (Å²) in [5.41, 5.74) is 2.54. The molecule has 0 amide bonds. The molecule has 2 aliphatic rings. The third-order valence-electron chi connectivity index (χ3n) is 8.68. The van der Waals surface area contributed by atoms with E-state index in [4.69, 9.17) is 21.3 Å². The van der Waals surface area contributed by atoms with E-state index < -0.39 is 16.1 Å². The van der Waals surface area contributed by atoms with E-state index in [1.807, 2.05) is 0 Å². The Hall–Kier alpha value is -0.483. The number of rotatable bonds is 16. The third-order valence-corrected chi connectivity index (χ3v) is 8.68. The molecule has 0 N–H and O–H groups in total. The predicted octanol–water partition coefficient (Wildman–Crippen LogP) is 13.2. The SMILES string of the molecule is CCN(CC)C([N-]Cc1ccccc1)[N-]C1CCCCC1.CCN(CC)C([N-]Cc1ccccc1)[N-]C1CCCCC1.[CH2-][Si](C)(C)C.[CH2-][Si](C)(C)C.[Zr]. The Morgan fingerprint density at radius 2 is 0.792 bits per heavy atom. The summed E-state index contributed by atoms with van der Waals surface area (Å²) in [6, 6.07) is 22.0. The number of hydrogen-bond donors (Lipinski definition) is 0. The maximum Gasteiger partial charge on any atom is 0 e. The van der Waals surface area contributed by atoms with Crippen molar-refractivity contribution in [2.75, 3.05) is 26.2 Å². The minimum Gasteiger partial charge on any atom is -0.663 e. The number of benzene rings is 2. The Morgan fingerprint density at radius 3 is 1.04 bits per heavy atom. The van der Waals surface area contributed by atoms with Gasteiger partial charge in [0.15, 0.2) is 0 Å². The molecule has 2 fully saturated rings. The maximum atomic E-state index is 5.05. The summed E-state index contributed by atoms with van der Waals surface area (Å²) >= 11 is 0. The van der Waals surface area contributed by atoms with E-state index in [0.717, 1.165) is 39.3 Å². The van der Waals surface area contributed by atoms with E-state index in [1.165, 1.54) is 75.3 Å². The molecule has 2 aliphatic carbocycles. The van der Waals surface area contributed by atoms with Gasteiger partial charge in [0.2, 0.25) is 0 Å². The summed E-state index contributed by atoms with van der Waals surface area (Å²) < 4.78 is 0. The van der Waals surface area contributed by atoms with Crippen LogP contribution >= 0.6 is 0 Å². The zero-order chi connectivity index (χ0) is 38.8. The van der Waals surface area contributed by atoms with Crippen LogP contribution in [0.1, 0.15) is 103 Å². The molecule has 6 nitrogen and oxygen atoms in total. The van der Waals surface area contributed by atoms with E-state index in [0.29, 0.717) is 12.1 Å². The average Bonchev–Trinajstić information content (AvgIpc) is 3.11. The number of nitrogens with zero attached hydrogens (tertiary/aromatic N) is 6. The van der Waals surface area contributed by atoms with Crippen molar-refractivity contribution in [3.05, 3.63) is 106 Å². The first kappa shape index (κ1) is 52.5. The van der Waals surface area contributed by atoms with Gasteiger partial charge in [-0.2, -0.15) is 12.6 Å². The van der Waals surface area contributed by atoms with Crippen LogP contribution in [0.4, 0.5) is 0 Å². The van der Waals surface area contributed by atoms with Crippen molar-refractivity contribution in [3.63, 3.8) is 0 Å². The Bertz CT molecular complexity index is 979. The second-order valence-corrected chi connectivity index (χ2v) is 27.0. The van der Waals surface area contributed by atoms with Gasteiger partial charge in [-0.05, 0) is 26.2 Å². The zero-order valence-corrected chi connectivity index (χ0v) is 40.5. The van der Waals surface area contributed by atoms with E-state index in [-0.39, 0.29) is 38.8 Å². The Labute approximate surface area is 351 Å². The summed E-state index contributed by atoms with van der Waals surface area (Å²) in [5.74, 6) is 0. The molecule has 0 heterocycles. The van der Waals surface area contributed by atoms with Crippen molar-refractivity contribution in [1.29, 1.82) is 0 Å². The quantitative estimate of drug-likeness (QED) is 0.125. The fraction of sp³-hybridized carbons (Fsp3) is 0.682. The summed E-state index contributed by atoms with van der Waals surface area (Å²) in [7, 11) is -1.72. The molecule has 9 heteroatoms. The van der Waals surface area contributed by atoms with Crippen molar-refractivity contribution in [2.24, 2.45) is 0 Å². The first-order valence-corrected chi connectivity index (χ1v) is 28.1. The molecule has 0 bridgehead atoms. The normalized spacial score (nSPS) is 16.6. The average molecular weight is 841 g/mol. The van der Waals surface area contributed by atoms with Crippen molar-refractivity contribution in [2.45, 2.75) is 169 Å². The Balaban J connectivity index is 0.000000802. The van der Waals surface area contributed by atoms with Gasteiger partial charge in [0.05, 0.1) is 0 Å². The van der Waals surface area contributed by atoms with E-state index in [9.17, 15) is 0 Å². The van der Waals surface area contributed by atoms with Crippen LogP contribution in [-0.2, 0) is 39.3 Å². The largest absolute Gasteiger partial charge is 0.663 e. The van der Waals surface area contributed by atoms with E-state index in [1.54, 1.807) is 0 Å². The van der Waals surface area contributed by atoms with Gasteiger partial charge in [-0.15, -0.1) is 41.3 Å². The molecule has 2 aromatic rings. The van der Waals surface area contributed by atoms with Crippen molar-refractivity contribution in [1.82, 2.24) is 9.80 Å². The van der Waals surface area contributed by atoms with E-state index >= 15 is 0 Å². The van der Waals surface area contributed by atoms with Crippen LogP contribution in [0, 0.1) is 13.1 Å². The molecule has 2 saturated carbocycles. The molecule has 2 aromatic carbocycles. The summed E-state index contributed by atoms with van der Waals surface area (Å²) in [6.45, 7) is 35.5. The smallest absolute Gasteiger partial charge is 0 e. The minimum atomic E-state index is -0.861. The second-order valence-electron chi connectivity index (χ2n) is 16.8. The molecule has 2 unspecified atom stereocenters. The van der Waals surface area contributed by atoms with Crippen LogP contribution in [0.3, 0.4) is 0 Å². The molecular weight excluding hydrogens is 760 g/mol.